The number of nitrogens with zero attached hydrogens (tertiary/aromatic N) is 4. The smallest absolute Gasteiger partial charge is 0.258 e. The highest BCUT2D eigenvalue weighted by Crippen LogP contribution is 2.43. The number of hydrogen-bond donors (Lipinski definition) is 1. The highest BCUT2D eigenvalue weighted by atomic mass is 16.5. The average Bonchev–Trinajstić information content (AvgIpc) is 3.40. The van der Waals surface area contributed by atoms with E-state index in [1.165, 1.54) is 11.1 Å². The van der Waals surface area contributed by atoms with Crippen molar-refractivity contribution >= 4 is 0 Å². The number of fused-ring (bicyclic) bond motifs is 1. The Kier molecular flexibility index (Phi) is 5.39. The van der Waals surface area contributed by atoms with Gasteiger partial charge < -0.3 is 14.4 Å². The summed E-state index contributed by atoms with van der Waals surface area (Å²) in [4.78, 5) is 7.04. The predicted octanol–water partition coefficient (Wildman–Crippen LogP) is 5.05. The molecule has 0 bridgehead atoms. The van der Waals surface area contributed by atoms with E-state index in [9.17, 15) is 10.4 Å². The zero-order chi connectivity index (χ0) is 23.1. The van der Waals surface area contributed by atoms with Gasteiger partial charge in [-0.05, 0) is 56.0 Å². The van der Waals surface area contributed by atoms with Crippen molar-refractivity contribution in [2.24, 2.45) is 5.92 Å². The first kappa shape index (κ1) is 21.2. The molecule has 1 atom stereocenters. The Hall–Kier alpha value is -3.63. The molecule has 2 heterocycles. The van der Waals surface area contributed by atoms with Crippen LogP contribution < -0.4 is 4.74 Å². The topological polar surface area (TPSA) is 95.4 Å². The molecule has 0 saturated carbocycles. The van der Waals surface area contributed by atoms with Crippen molar-refractivity contribution in [2.45, 2.75) is 38.8 Å². The minimum absolute atomic E-state index is 0.0217. The zero-order valence-corrected chi connectivity index (χ0v) is 18.8. The van der Waals surface area contributed by atoms with E-state index in [0.29, 0.717) is 34.6 Å². The summed E-state index contributed by atoms with van der Waals surface area (Å²) in [6.45, 7) is 9.20. The molecule has 1 fully saturated rings. The maximum Gasteiger partial charge on any atom is 0.258 e. The van der Waals surface area contributed by atoms with Gasteiger partial charge in [-0.2, -0.15) is 10.2 Å². The Bertz CT molecular complexity index is 1250. The molecule has 2 aromatic carbocycles. The fraction of sp³-hybridized carbons (Fsp3) is 0.346. The van der Waals surface area contributed by atoms with Crippen LogP contribution in [0.15, 0.2) is 53.3 Å². The van der Waals surface area contributed by atoms with Gasteiger partial charge in [-0.1, -0.05) is 29.9 Å². The fourth-order valence-corrected chi connectivity index (χ4v) is 4.76. The van der Waals surface area contributed by atoms with E-state index >= 15 is 0 Å². The Morgan fingerprint density at radius 3 is 2.85 bits per heavy atom. The largest absolute Gasteiger partial charge is 0.513 e. The van der Waals surface area contributed by atoms with Crippen LogP contribution in [0, 0.1) is 17.2 Å². The molecule has 0 spiro atoms. The summed E-state index contributed by atoms with van der Waals surface area (Å²) in [5.74, 6) is 1.92. The van der Waals surface area contributed by atoms with Crippen molar-refractivity contribution in [2.75, 3.05) is 13.1 Å². The lowest BCUT2D eigenvalue weighted by atomic mass is 9.93. The monoisotopic (exact) mass is 442 g/mol. The summed E-state index contributed by atoms with van der Waals surface area (Å²) in [6, 6.07) is 14.1. The quantitative estimate of drug-likeness (QED) is 0.534. The first-order valence-corrected chi connectivity index (χ1v) is 11.2. The summed E-state index contributed by atoms with van der Waals surface area (Å²) in [5, 5.41) is 23.4. The van der Waals surface area contributed by atoms with Gasteiger partial charge in [0.1, 0.15) is 11.8 Å². The second kappa shape index (κ2) is 8.38. The molecule has 2 aliphatic rings. The standard InChI is InChI=1S/C26H26N4O3/c1-15(2)32-24-10-7-17(11-18(24)12-27)26-28-25(29-33-26)22-6-4-5-21-20(22)8-9-23(21)30-13-19(14-30)16(3)31/h4-7,10-11,15,19,23,31H,3,8-9,13-14H2,1-2H3. The van der Waals surface area contributed by atoms with Gasteiger partial charge in [-0.15, -0.1) is 0 Å². The summed E-state index contributed by atoms with van der Waals surface area (Å²) < 4.78 is 11.3. The van der Waals surface area contributed by atoms with E-state index in [0.717, 1.165) is 31.5 Å². The van der Waals surface area contributed by atoms with Crippen molar-refractivity contribution in [3.05, 3.63) is 65.4 Å². The molecule has 7 heteroatoms. The number of ether oxygens (including phenoxy) is 1. The normalized spacial score (nSPS) is 18.1. The molecule has 1 aliphatic carbocycles. The molecule has 5 rings (SSSR count). The number of likely N-dealkylation sites (tertiary alicyclic amines) is 1. The minimum atomic E-state index is -0.0217. The first-order valence-electron chi connectivity index (χ1n) is 11.2. The fourth-order valence-electron chi connectivity index (χ4n) is 4.76. The number of benzene rings is 2. The highest BCUT2D eigenvalue weighted by Gasteiger charge is 2.38. The third kappa shape index (κ3) is 3.87. The number of hydrogen-bond acceptors (Lipinski definition) is 7. The first-order chi connectivity index (χ1) is 15.9. The molecule has 3 aromatic rings. The molecule has 0 amide bonds. The van der Waals surface area contributed by atoms with Crippen LogP contribution in [-0.2, 0) is 6.42 Å². The molecular formula is C26H26N4O3. The van der Waals surface area contributed by atoms with Gasteiger partial charge >= 0.3 is 0 Å². The average molecular weight is 443 g/mol. The number of aliphatic hydroxyl groups excluding tert-OH is 1. The molecular weight excluding hydrogens is 416 g/mol. The predicted molar refractivity (Wildman–Crippen MR) is 124 cm³/mol. The van der Waals surface area contributed by atoms with E-state index in [-0.39, 0.29) is 17.8 Å². The minimum Gasteiger partial charge on any atom is -0.513 e. The molecule has 1 aromatic heterocycles. The summed E-state index contributed by atoms with van der Waals surface area (Å²) >= 11 is 0. The molecule has 1 aliphatic heterocycles. The Labute approximate surface area is 192 Å². The van der Waals surface area contributed by atoms with Gasteiger partial charge in [-0.25, -0.2) is 0 Å². The second-order valence-corrected chi connectivity index (χ2v) is 8.98. The van der Waals surface area contributed by atoms with Gasteiger partial charge in [-0.3, -0.25) is 4.90 Å². The van der Waals surface area contributed by atoms with E-state index in [2.05, 4.69) is 33.8 Å². The van der Waals surface area contributed by atoms with Crippen LogP contribution >= 0.6 is 0 Å². The number of aromatic nitrogens is 2. The molecule has 1 saturated heterocycles. The highest BCUT2D eigenvalue weighted by molar-refractivity contribution is 5.67. The maximum absolute atomic E-state index is 9.63. The zero-order valence-electron chi connectivity index (χ0n) is 18.8. The van der Waals surface area contributed by atoms with Crippen LogP contribution in [0.5, 0.6) is 5.75 Å². The van der Waals surface area contributed by atoms with Crippen LogP contribution in [0.25, 0.3) is 22.8 Å². The second-order valence-electron chi connectivity index (χ2n) is 8.98. The lowest BCUT2D eigenvalue weighted by Gasteiger charge is -2.43. The van der Waals surface area contributed by atoms with Crippen LogP contribution in [0.4, 0.5) is 0 Å². The molecule has 0 radical (unpaired) electrons. The van der Waals surface area contributed by atoms with E-state index in [4.69, 9.17) is 9.26 Å². The third-order valence-electron chi connectivity index (χ3n) is 6.44. The van der Waals surface area contributed by atoms with E-state index in [1.807, 2.05) is 32.0 Å². The van der Waals surface area contributed by atoms with Crippen molar-refractivity contribution in [1.82, 2.24) is 15.0 Å². The summed E-state index contributed by atoms with van der Waals surface area (Å²) in [5.41, 5.74) is 4.64. The van der Waals surface area contributed by atoms with Crippen LogP contribution in [0.1, 0.15) is 43.0 Å². The van der Waals surface area contributed by atoms with Crippen molar-refractivity contribution in [3.8, 4) is 34.7 Å². The molecule has 168 valence electrons. The van der Waals surface area contributed by atoms with E-state index in [1.54, 1.807) is 12.1 Å². The summed E-state index contributed by atoms with van der Waals surface area (Å²) in [7, 11) is 0. The van der Waals surface area contributed by atoms with Crippen LogP contribution in [-0.4, -0.2) is 39.3 Å². The Morgan fingerprint density at radius 1 is 1.30 bits per heavy atom. The SMILES string of the molecule is C=C(O)C1CN(C2CCc3c(-c4noc(-c5ccc(OC(C)C)c(C#N)c5)n4)cccc32)C1. The molecule has 33 heavy (non-hydrogen) atoms. The molecule has 7 nitrogen and oxygen atoms in total. The van der Waals surface area contributed by atoms with Gasteiger partial charge in [0.05, 0.1) is 17.4 Å². The Balaban J connectivity index is 1.41. The van der Waals surface area contributed by atoms with Gasteiger partial charge in [0.15, 0.2) is 0 Å². The molecule has 1 unspecified atom stereocenters. The van der Waals surface area contributed by atoms with Crippen molar-refractivity contribution < 1.29 is 14.4 Å². The van der Waals surface area contributed by atoms with Crippen LogP contribution in [0.2, 0.25) is 0 Å². The van der Waals surface area contributed by atoms with Crippen molar-refractivity contribution in [1.29, 1.82) is 5.26 Å². The van der Waals surface area contributed by atoms with E-state index < -0.39 is 0 Å². The van der Waals surface area contributed by atoms with Gasteiger partial charge in [0.2, 0.25) is 5.82 Å². The molecule has 1 N–H and O–H groups in total. The van der Waals surface area contributed by atoms with Crippen molar-refractivity contribution in [3.63, 3.8) is 0 Å². The van der Waals surface area contributed by atoms with Crippen LogP contribution in [0.3, 0.4) is 0 Å². The van der Waals surface area contributed by atoms with Gasteiger partial charge in [0, 0.05) is 36.2 Å². The number of aliphatic hydroxyl groups is 1. The lowest BCUT2D eigenvalue weighted by molar-refractivity contribution is 0.0498. The lowest BCUT2D eigenvalue weighted by Crippen LogP contribution is -2.48. The Morgan fingerprint density at radius 2 is 2.12 bits per heavy atom. The maximum atomic E-state index is 9.63. The number of nitriles is 1. The number of rotatable bonds is 6. The summed E-state index contributed by atoms with van der Waals surface area (Å²) in [6.07, 6.45) is 1.96. The third-order valence-corrected chi connectivity index (χ3v) is 6.44. The van der Waals surface area contributed by atoms with Gasteiger partial charge in [0.25, 0.3) is 5.89 Å².